The Morgan fingerprint density at radius 1 is 0.967 bits per heavy atom. The Hall–Kier alpha value is -1.99. The zero-order valence-electron chi connectivity index (χ0n) is 17.6. The number of ether oxygens (including phenoxy) is 3. The van der Waals surface area contributed by atoms with E-state index in [-0.39, 0.29) is 18.3 Å². The lowest BCUT2D eigenvalue weighted by Gasteiger charge is -2.41. The SMILES string of the molecule is C=C(C)CS(=O)(=O)C1OC[C@@H](C)[C@H](OCc2ccccc2)[C@@H]1OCc1ccccc1. The summed E-state index contributed by atoms with van der Waals surface area (Å²) in [5, 5.41) is 0. The van der Waals surface area contributed by atoms with E-state index in [0.717, 1.165) is 11.1 Å². The number of hydrogen-bond acceptors (Lipinski definition) is 5. The summed E-state index contributed by atoms with van der Waals surface area (Å²) >= 11 is 0. The average Bonchev–Trinajstić information content (AvgIpc) is 2.72. The molecule has 0 spiro atoms. The van der Waals surface area contributed by atoms with Crippen LogP contribution in [0.4, 0.5) is 0 Å². The van der Waals surface area contributed by atoms with E-state index in [4.69, 9.17) is 14.2 Å². The molecule has 1 unspecified atom stereocenters. The van der Waals surface area contributed by atoms with Crippen molar-refractivity contribution in [1.29, 1.82) is 0 Å². The molecular formula is C24H30O5S. The van der Waals surface area contributed by atoms with Gasteiger partial charge < -0.3 is 14.2 Å². The summed E-state index contributed by atoms with van der Waals surface area (Å²) in [5.41, 5.74) is 1.48. The van der Waals surface area contributed by atoms with Crippen LogP contribution in [0.1, 0.15) is 25.0 Å². The lowest BCUT2D eigenvalue weighted by Crippen LogP contribution is -2.55. The fraction of sp³-hybridized carbons (Fsp3) is 0.417. The van der Waals surface area contributed by atoms with Crippen LogP contribution in [0.2, 0.25) is 0 Å². The molecule has 0 N–H and O–H groups in total. The molecule has 1 aliphatic heterocycles. The lowest BCUT2D eigenvalue weighted by molar-refractivity contribution is -0.183. The Balaban J connectivity index is 1.82. The van der Waals surface area contributed by atoms with Gasteiger partial charge in [-0.15, -0.1) is 0 Å². The van der Waals surface area contributed by atoms with E-state index in [2.05, 4.69) is 6.58 Å². The Morgan fingerprint density at radius 3 is 1.97 bits per heavy atom. The molecule has 6 heteroatoms. The first-order valence-electron chi connectivity index (χ1n) is 10.2. The molecule has 5 nitrogen and oxygen atoms in total. The summed E-state index contributed by atoms with van der Waals surface area (Å²) in [6, 6.07) is 19.5. The van der Waals surface area contributed by atoms with Crippen molar-refractivity contribution in [3.63, 3.8) is 0 Å². The van der Waals surface area contributed by atoms with E-state index < -0.39 is 27.5 Å². The van der Waals surface area contributed by atoms with Crippen LogP contribution in [0.15, 0.2) is 72.8 Å². The second kappa shape index (κ2) is 10.4. The molecule has 1 saturated heterocycles. The molecule has 2 aromatic rings. The molecule has 30 heavy (non-hydrogen) atoms. The molecule has 0 aliphatic carbocycles. The van der Waals surface area contributed by atoms with Crippen LogP contribution in [0, 0.1) is 5.92 Å². The monoisotopic (exact) mass is 430 g/mol. The molecule has 3 rings (SSSR count). The van der Waals surface area contributed by atoms with Gasteiger partial charge in [-0.2, -0.15) is 0 Å². The third-order valence-corrected chi connectivity index (χ3v) is 7.06. The van der Waals surface area contributed by atoms with E-state index in [1.807, 2.05) is 67.6 Å². The van der Waals surface area contributed by atoms with Crippen molar-refractivity contribution < 1.29 is 22.6 Å². The topological polar surface area (TPSA) is 61.8 Å². The summed E-state index contributed by atoms with van der Waals surface area (Å²) in [7, 11) is -3.60. The zero-order valence-corrected chi connectivity index (χ0v) is 18.4. The maximum Gasteiger partial charge on any atom is 0.187 e. The van der Waals surface area contributed by atoms with Gasteiger partial charge in [-0.05, 0) is 18.1 Å². The third kappa shape index (κ3) is 6.01. The Kier molecular flexibility index (Phi) is 7.83. The van der Waals surface area contributed by atoms with E-state index in [1.54, 1.807) is 6.92 Å². The highest BCUT2D eigenvalue weighted by atomic mass is 32.2. The molecule has 0 aromatic heterocycles. The number of hydrogen-bond donors (Lipinski definition) is 0. The Morgan fingerprint density at radius 2 is 1.47 bits per heavy atom. The summed E-state index contributed by atoms with van der Waals surface area (Å²) in [4.78, 5) is 0. The summed E-state index contributed by atoms with van der Waals surface area (Å²) in [6.07, 6.45) is -1.14. The fourth-order valence-electron chi connectivity index (χ4n) is 3.61. The van der Waals surface area contributed by atoms with Crippen molar-refractivity contribution in [2.24, 2.45) is 5.92 Å². The van der Waals surface area contributed by atoms with Gasteiger partial charge in [0.15, 0.2) is 15.3 Å². The highest BCUT2D eigenvalue weighted by Crippen LogP contribution is 2.30. The molecule has 2 aromatic carbocycles. The van der Waals surface area contributed by atoms with Crippen LogP contribution < -0.4 is 0 Å². The largest absolute Gasteiger partial charge is 0.370 e. The first-order chi connectivity index (χ1) is 14.4. The number of rotatable bonds is 9. The first kappa shape index (κ1) is 22.7. The van der Waals surface area contributed by atoms with Crippen LogP contribution in [-0.2, 0) is 37.3 Å². The molecule has 1 aliphatic rings. The van der Waals surface area contributed by atoms with Gasteiger partial charge in [0.1, 0.15) is 6.10 Å². The molecule has 0 radical (unpaired) electrons. The molecule has 4 atom stereocenters. The minimum atomic E-state index is -3.60. The van der Waals surface area contributed by atoms with Crippen molar-refractivity contribution in [1.82, 2.24) is 0 Å². The molecule has 0 saturated carbocycles. The summed E-state index contributed by atoms with van der Waals surface area (Å²) in [6.45, 7) is 8.42. The average molecular weight is 431 g/mol. The summed E-state index contributed by atoms with van der Waals surface area (Å²) < 4.78 is 44.2. The van der Waals surface area contributed by atoms with Gasteiger partial charge >= 0.3 is 0 Å². The number of benzene rings is 2. The van der Waals surface area contributed by atoms with Gasteiger partial charge in [0.25, 0.3) is 0 Å². The minimum Gasteiger partial charge on any atom is -0.370 e. The smallest absolute Gasteiger partial charge is 0.187 e. The van der Waals surface area contributed by atoms with Crippen LogP contribution in [0.25, 0.3) is 0 Å². The van der Waals surface area contributed by atoms with Crippen LogP contribution in [0.3, 0.4) is 0 Å². The summed E-state index contributed by atoms with van der Waals surface area (Å²) in [5.74, 6) is -0.145. The molecule has 1 heterocycles. The highest BCUT2D eigenvalue weighted by Gasteiger charge is 2.46. The second-order valence-corrected chi connectivity index (χ2v) is 10.0. The van der Waals surface area contributed by atoms with Crippen molar-refractivity contribution >= 4 is 9.84 Å². The Bertz CT molecular complexity index is 911. The van der Waals surface area contributed by atoms with E-state index in [0.29, 0.717) is 18.8 Å². The van der Waals surface area contributed by atoms with Crippen molar-refractivity contribution in [2.75, 3.05) is 12.4 Å². The molecule has 162 valence electrons. The van der Waals surface area contributed by atoms with Crippen LogP contribution in [-0.4, -0.2) is 38.4 Å². The third-order valence-electron chi connectivity index (χ3n) is 5.05. The maximum absolute atomic E-state index is 13.0. The van der Waals surface area contributed by atoms with E-state index in [9.17, 15) is 8.42 Å². The zero-order chi connectivity index (χ0) is 21.6. The fourth-order valence-corrected chi connectivity index (χ4v) is 5.39. The minimum absolute atomic E-state index is 0.00855. The van der Waals surface area contributed by atoms with Gasteiger partial charge in [-0.3, -0.25) is 0 Å². The van der Waals surface area contributed by atoms with Crippen molar-refractivity contribution in [2.45, 2.75) is 44.7 Å². The standard InChI is InChI=1S/C24H30O5S/c1-18(2)17-30(25,26)24-23(28-16-21-12-8-5-9-13-21)22(19(3)14-29-24)27-15-20-10-6-4-7-11-20/h4-13,19,22-24H,1,14-17H2,2-3H3/t19-,22+,23+,24?/m1/s1. The predicted octanol–water partition coefficient (Wildman–Crippen LogP) is 4.14. The van der Waals surface area contributed by atoms with Crippen molar-refractivity contribution in [3.05, 3.63) is 83.9 Å². The first-order valence-corrected chi connectivity index (χ1v) is 11.9. The number of sulfone groups is 1. The molecule has 0 amide bonds. The van der Waals surface area contributed by atoms with Crippen LogP contribution in [0.5, 0.6) is 0 Å². The Labute approximate surface area is 179 Å². The van der Waals surface area contributed by atoms with Gasteiger partial charge in [0.2, 0.25) is 0 Å². The molecule has 0 bridgehead atoms. The normalized spacial score (nSPS) is 24.5. The van der Waals surface area contributed by atoms with Gasteiger partial charge in [0, 0.05) is 5.92 Å². The predicted molar refractivity (Wildman–Crippen MR) is 118 cm³/mol. The van der Waals surface area contributed by atoms with Crippen LogP contribution >= 0.6 is 0 Å². The van der Waals surface area contributed by atoms with Gasteiger partial charge in [-0.1, -0.05) is 79.7 Å². The van der Waals surface area contributed by atoms with Gasteiger partial charge in [-0.25, -0.2) is 8.42 Å². The van der Waals surface area contributed by atoms with E-state index in [1.165, 1.54) is 0 Å². The van der Waals surface area contributed by atoms with Gasteiger partial charge in [0.05, 0.1) is 31.7 Å². The lowest BCUT2D eigenvalue weighted by atomic mass is 9.97. The van der Waals surface area contributed by atoms with E-state index >= 15 is 0 Å². The quantitative estimate of drug-likeness (QED) is 0.560. The second-order valence-electron chi connectivity index (χ2n) is 7.97. The highest BCUT2D eigenvalue weighted by molar-refractivity contribution is 7.92. The molecule has 1 fully saturated rings. The molecular weight excluding hydrogens is 400 g/mol. The van der Waals surface area contributed by atoms with Crippen molar-refractivity contribution in [3.8, 4) is 0 Å². The maximum atomic E-state index is 13.0.